The highest BCUT2D eigenvalue weighted by Crippen LogP contribution is 2.38. The van der Waals surface area contributed by atoms with Crippen molar-refractivity contribution < 1.29 is 27.4 Å². The van der Waals surface area contributed by atoms with Gasteiger partial charge in [0.15, 0.2) is 11.6 Å². The summed E-state index contributed by atoms with van der Waals surface area (Å²) in [5.74, 6) is -1.30. The maximum Gasteiger partial charge on any atom is 0.238 e. The van der Waals surface area contributed by atoms with E-state index in [1.165, 1.54) is 11.3 Å². The minimum atomic E-state index is -0.877. The average Bonchev–Trinajstić information content (AvgIpc) is 4.04. The molecule has 0 N–H and O–H groups in total. The van der Waals surface area contributed by atoms with Crippen LogP contribution in [0.3, 0.4) is 0 Å². The third-order valence-electron chi connectivity index (χ3n) is 8.58. The van der Waals surface area contributed by atoms with Crippen LogP contribution in [0, 0.1) is 0 Å². The molecule has 238 valence electrons. The quantitative estimate of drug-likeness (QED) is 0.185. The number of para-hydroxylation sites is 4. The Kier molecular flexibility index (Phi) is 3.24. The Balaban J connectivity index is 1.33. The molecule has 0 atom stereocenters. The predicted molar refractivity (Wildman–Crippen MR) is 212 cm³/mol. The van der Waals surface area contributed by atoms with Gasteiger partial charge in [-0.1, -0.05) is 103 Å². The normalized spacial score (nSPS) is 17.4. The topological polar surface area (TPSA) is 48.5 Å². The molecule has 11 rings (SSSR count). The van der Waals surface area contributed by atoms with Crippen molar-refractivity contribution in [3.63, 3.8) is 0 Å². The summed E-state index contributed by atoms with van der Waals surface area (Å²) < 4.78 is 182. The zero-order valence-electron chi connectivity index (χ0n) is 45.7. The lowest BCUT2D eigenvalue weighted by atomic mass is 10.1. The fraction of sp³-hybridized carbons (Fsp3) is 0. The van der Waals surface area contributed by atoms with Gasteiger partial charge in [-0.2, -0.15) is 9.97 Å². The highest BCUT2D eigenvalue weighted by molar-refractivity contribution is 7.25. The van der Waals surface area contributed by atoms with E-state index in [2.05, 4.69) is 4.98 Å². The van der Waals surface area contributed by atoms with Crippen LogP contribution in [0.15, 0.2) is 163 Å². The van der Waals surface area contributed by atoms with E-state index >= 15 is 0 Å². The first kappa shape index (κ1) is 15.1. The van der Waals surface area contributed by atoms with Gasteiger partial charge in [0.05, 0.1) is 49.5 Å². The molecule has 5 nitrogen and oxygen atoms in total. The van der Waals surface area contributed by atoms with E-state index in [-0.39, 0.29) is 38.4 Å². The summed E-state index contributed by atoms with van der Waals surface area (Å²) in [4.78, 5) is 14.2. The summed E-state index contributed by atoms with van der Waals surface area (Å²) in [5, 5.41) is 0.290. The Morgan fingerprint density at radius 2 is 1.00 bits per heavy atom. The molecule has 4 heterocycles. The van der Waals surface area contributed by atoms with Crippen LogP contribution in [0.25, 0.3) is 98.2 Å². The molecule has 0 aliphatic carbocycles. The summed E-state index contributed by atoms with van der Waals surface area (Å²) in [6.45, 7) is 0. The second-order valence-electron chi connectivity index (χ2n) is 11.4. The zero-order chi connectivity index (χ0) is 50.9. The Morgan fingerprint density at radius 1 is 0.451 bits per heavy atom. The zero-order valence-corrected chi connectivity index (χ0v) is 26.5. The number of nitrogens with zero attached hydrogens (tertiary/aromatic N) is 5. The van der Waals surface area contributed by atoms with Gasteiger partial charge in [0, 0.05) is 58.5 Å². The van der Waals surface area contributed by atoms with Crippen molar-refractivity contribution >= 4 is 75.1 Å². The summed E-state index contributed by atoms with van der Waals surface area (Å²) in [6.07, 6.45) is 0. The molecule has 0 spiro atoms. The van der Waals surface area contributed by atoms with Gasteiger partial charge in [-0.25, -0.2) is 4.98 Å². The van der Waals surface area contributed by atoms with Crippen LogP contribution in [-0.2, 0) is 0 Å². The number of hydrogen-bond acceptors (Lipinski definition) is 4. The van der Waals surface area contributed by atoms with Crippen molar-refractivity contribution in [3.8, 4) is 34.4 Å². The summed E-state index contributed by atoms with van der Waals surface area (Å²) in [7, 11) is 0. The van der Waals surface area contributed by atoms with Gasteiger partial charge < -0.3 is 4.57 Å². The van der Waals surface area contributed by atoms with Crippen LogP contribution in [0.1, 0.15) is 27.4 Å². The van der Waals surface area contributed by atoms with Crippen LogP contribution >= 0.6 is 11.3 Å². The van der Waals surface area contributed by atoms with E-state index in [0.717, 1.165) is 29.3 Å². The van der Waals surface area contributed by atoms with Crippen LogP contribution in [-0.4, -0.2) is 24.1 Å². The van der Waals surface area contributed by atoms with Gasteiger partial charge >= 0.3 is 0 Å². The highest BCUT2D eigenvalue weighted by Gasteiger charge is 2.19. The van der Waals surface area contributed by atoms with E-state index in [1.54, 1.807) is 18.2 Å². The van der Waals surface area contributed by atoms with Crippen LogP contribution in [0.2, 0.25) is 0 Å². The van der Waals surface area contributed by atoms with Crippen LogP contribution < -0.4 is 0 Å². The maximum absolute atomic E-state index is 9.88. The molecule has 11 aromatic rings. The third-order valence-corrected chi connectivity index (χ3v) is 9.73. The average molecular weight is 690 g/mol. The van der Waals surface area contributed by atoms with Gasteiger partial charge in [0.2, 0.25) is 5.95 Å². The fourth-order valence-corrected chi connectivity index (χ4v) is 7.48. The van der Waals surface area contributed by atoms with E-state index in [9.17, 15) is 5.48 Å². The monoisotopic (exact) mass is 689 g/mol. The van der Waals surface area contributed by atoms with Crippen LogP contribution in [0.4, 0.5) is 0 Å². The Labute approximate surface area is 324 Å². The lowest BCUT2D eigenvalue weighted by Crippen LogP contribution is -2.06. The first-order valence-corrected chi connectivity index (χ1v) is 16.2. The molecular formula is C45H27N5S. The minimum Gasteiger partial charge on any atom is -0.309 e. The smallest absolute Gasteiger partial charge is 0.238 e. The molecule has 4 aromatic heterocycles. The number of thiophene rings is 1. The first-order valence-electron chi connectivity index (χ1n) is 25.4. The Bertz CT molecular complexity index is 4160. The number of hydrogen-bond donors (Lipinski definition) is 0. The van der Waals surface area contributed by atoms with Crippen molar-refractivity contribution in [2.24, 2.45) is 0 Å². The SMILES string of the molecule is [2H]c1c([2H])c(-c2nc(-c3ccc4sc5ccccc5c4c3)nc(-n3c4c([2H])c([2H])c([2H])c([2H])c4c4c([2H])c([2H])c([2H])c([2H])c43)n2)c([2H])c(-n2c3c([2H])c([2H])c([2H])c([2H])c3c3c([2H])c([2H])c([2H])c([2H])c32)c1[2H]. The minimum absolute atomic E-state index is 0.194. The van der Waals surface area contributed by atoms with Gasteiger partial charge in [0.25, 0.3) is 0 Å². The van der Waals surface area contributed by atoms with Gasteiger partial charge in [0.1, 0.15) is 0 Å². The van der Waals surface area contributed by atoms with Crippen molar-refractivity contribution in [2.75, 3.05) is 0 Å². The molecule has 0 unspecified atom stereocenters. The second kappa shape index (κ2) is 10.9. The molecule has 0 fully saturated rings. The Hall–Kier alpha value is -6.63. The lowest BCUT2D eigenvalue weighted by Gasteiger charge is -2.13. The molecule has 0 saturated carbocycles. The molecule has 0 bridgehead atoms. The molecule has 0 radical (unpaired) electrons. The fourth-order valence-electron chi connectivity index (χ4n) is 6.39. The van der Waals surface area contributed by atoms with Gasteiger partial charge in [-0.15, -0.1) is 11.3 Å². The number of aromatic nitrogens is 5. The Morgan fingerprint density at radius 3 is 1.65 bits per heavy atom. The van der Waals surface area contributed by atoms with Gasteiger partial charge in [-0.05, 0) is 60.5 Å². The largest absolute Gasteiger partial charge is 0.309 e. The van der Waals surface area contributed by atoms with Crippen molar-refractivity contribution in [2.45, 2.75) is 0 Å². The van der Waals surface area contributed by atoms with E-state index < -0.39 is 155 Å². The molecule has 0 saturated heterocycles. The van der Waals surface area contributed by atoms with Crippen molar-refractivity contribution in [3.05, 3.63) is 163 Å². The molecule has 0 aliphatic rings. The number of benzene rings is 7. The second-order valence-corrected chi connectivity index (χ2v) is 12.5. The number of fused-ring (bicyclic) bond motifs is 9. The first-order chi connectivity index (χ1) is 33.6. The van der Waals surface area contributed by atoms with Crippen LogP contribution in [0.5, 0.6) is 0 Å². The van der Waals surface area contributed by atoms with Gasteiger partial charge in [-0.3, -0.25) is 4.57 Å². The van der Waals surface area contributed by atoms with Crippen molar-refractivity contribution in [1.29, 1.82) is 0 Å². The number of rotatable bonds is 4. The lowest BCUT2D eigenvalue weighted by molar-refractivity contribution is 0.953. The van der Waals surface area contributed by atoms with Crippen molar-refractivity contribution in [1.82, 2.24) is 24.1 Å². The third kappa shape index (κ3) is 4.30. The highest BCUT2D eigenvalue weighted by atomic mass is 32.1. The molecule has 6 heteroatoms. The van der Waals surface area contributed by atoms with E-state index in [1.807, 2.05) is 24.3 Å². The maximum atomic E-state index is 9.88. The molecule has 7 aromatic carbocycles. The van der Waals surface area contributed by atoms with E-state index in [4.69, 9.17) is 31.9 Å². The molecule has 51 heavy (non-hydrogen) atoms. The molecule has 0 amide bonds. The summed E-state index contributed by atoms with van der Waals surface area (Å²) in [6, 6.07) is -2.02. The van der Waals surface area contributed by atoms with E-state index in [0.29, 0.717) is 5.56 Å². The predicted octanol–water partition coefficient (Wildman–Crippen LogP) is 11.8. The molecule has 0 aliphatic heterocycles. The molecular weight excluding hydrogens is 643 g/mol. The summed E-state index contributed by atoms with van der Waals surface area (Å²) >= 11 is 1.51. The standard InChI is InChI=1S/C45H27N5S/c1-6-19-37-31(14-1)32-15-2-7-20-38(32)49(37)30-13-11-12-28(26-30)43-46-44(29-24-25-42-36(27-29)35-18-5-10-23-41(35)51-42)48-45(47-43)50-39-21-8-3-16-33(39)34-17-4-9-22-40(34)50/h1-27H/i1D,2D,3D,4D,6D,7D,8D,9D,11D,12D,13D,14D,15D,16D,17D,19D,20D,21D,22D,26D. The summed E-state index contributed by atoms with van der Waals surface area (Å²) in [5.41, 5.74) is -2.63.